The van der Waals surface area contributed by atoms with Gasteiger partial charge in [-0.05, 0) is 12.1 Å². The molecule has 126 valence electrons. The molecule has 1 aromatic carbocycles. The third-order valence-corrected chi connectivity index (χ3v) is 4.31. The summed E-state index contributed by atoms with van der Waals surface area (Å²) in [5.41, 5.74) is -1.42. The van der Waals surface area contributed by atoms with Gasteiger partial charge in [-0.1, -0.05) is 6.07 Å². The van der Waals surface area contributed by atoms with E-state index in [2.05, 4.69) is 15.1 Å². The van der Waals surface area contributed by atoms with E-state index >= 15 is 0 Å². The summed E-state index contributed by atoms with van der Waals surface area (Å²) in [6.45, 7) is 0. The largest absolute Gasteiger partial charge is 0.417 e. The highest BCUT2D eigenvalue weighted by Gasteiger charge is 2.39. The molecular formula is C12H7F4N5O2S. The van der Waals surface area contributed by atoms with Crippen LogP contribution < -0.4 is 4.72 Å². The van der Waals surface area contributed by atoms with Crippen molar-refractivity contribution in [3.05, 3.63) is 48.2 Å². The second-order valence-corrected chi connectivity index (χ2v) is 6.16. The number of fused-ring (bicyclic) bond motifs is 1. The average Bonchev–Trinajstić information content (AvgIpc) is 2.87. The van der Waals surface area contributed by atoms with E-state index in [0.29, 0.717) is 12.1 Å². The van der Waals surface area contributed by atoms with Crippen LogP contribution >= 0.6 is 0 Å². The maximum absolute atomic E-state index is 13.8. The Morgan fingerprint density at radius 2 is 1.92 bits per heavy atom. The lowest BCUT2D eigenvalue weighted by molar-refractivity contribution is -0.140. The summed E-state index contributed by atoms with van der Waals surface area (Å²) in [7, 11) is -4.91. The number of aromatic nitrogens is 4. The zero-order valence-electron chi connectivity index (χ0n) is 11.5. The second-order valence-electron chi connectivity index (χ2n) is 4.54. The monoisotopic (exact) mass is 361 g/mol. The van der Waals surface area contributed by atoms with Crippen LogP contribution in [0.15, 0.2) is 41.7 Å². The molecule has 0 atom stereocenters. The van der Waals surface area contributed by atoms with Crippen LogP contribution in [0.2, 0.25) is 0 Å². The fraction of sp³-hybridized carbons (Fsp3) is 0.0833. The molecule has 0 saturated heterocycles. The van der Waals surface area contributed by atoms with Crippen LogP contribution in [-0.2, 0) is 16.2 Å². The van der Waals surface area contributed by atoms with E-state index in [0.717, 1.165) is 10.6 Å². The third-order valence-electron chi connectivity index (χ3n) is 2.91. The van der Waals surface area contributed by atoms with Crippen molar-refractivity contribution in [2.75, 3.05) is 4.72 Å². The molecule has 7 nitrogen and oxygen atoms in total. The SMILES string of the molecule is O=S(=O)(Nc1nc2ccncn2n1)c1c(F)cccc1C(F)(F)F. The first kappa shape index (κ1) is 16.1. The lowest BCUT2D eigenvalue weighted by Gasteiger charge is -2.13. The van der Waals surface area contributed by atoms with Crippen LogP contribution in [0.4, 0.5) is 23.5 Å². The number of nitrogens with one attached hydrogen (secondary N) is 1. The lowest BCUT2D eigenvalue weighted by Crippen LogP contribution is -2.21. The van der Waals surface area contributed by atoms with Gasteiger partial charge >= 0.3 is 6.18 Å². The van der Waals surface area contributed by atoms with Crippen LogP contribution in [0.1, 0.15) is 5.56 Å². The minimum Gasteiger partial charge on any atom is -0.246 e. The summed E-state index contributed by atoms with van der Waals surface area (Å²) >= 11 is 0. The number of benzene rings is 1. The highest BCUT2D eigenvalue weighted by atomic mass is 32.2. The van der Waals surface area contributed by atoms with Crippen molar-refractivity contribution in [3.8, 4) is 0 Å². The van der Waals surface area contributed by atoms with Crippen LogP contribution in [0.3, 0.4) is 0 Å². The van der Waals surface area contributed by atoms with Crippen molar-refractivity contribution in [3.63, 3.8) is 0 Å². The van der Waals surface area contributed by atoms with Gasteiger partial charge in [-0.15, -0.1) is 5.10 Å². The van der Waals surface area contributed by atoms with Gasteiger partial charge in [-0.3, -0.25) is 0 Å². The first-order valence-electron chi connectivity index (χ1n) is 6.23. The number of alkyl halides is 3. The van der Waals surface area contributed by atoms with Crippen molar-refractivity contribution >= 4 is 21.6 Å². The van der Waals surface area contributed by atoms with Crippen LogP contribution in [0, 0.1) is 5.82 Å². The van der Waals surface area contributed by atoms with Gasteiger partial charge < -0.3 is 0 Å². The molecule has 1 N–H and O–H groups in total. The first-order valence-corrected chi connectivity index (χ1v) is 7.72. The van der Waals surface area contributed by atoms with Crippen molar-refractivity contribution < 1.29 is 26.0 Å². The van der Waals surface area contributed by atoms with Crippen LogP contribution in [0.5, 0.6) is 0 Å². The summed E-state index contributed by atoms with van der Waals surface area (Å²) in [4.78, 5) is 5.96. The molecule has 0 fully saturated rings. The van der Waals surface area contributed by atoms with Gasteiger partial charge in [0.2, 0.25) is 0 Å². The predicted molar refractivity (Wildman–Crippen MR) is 73.0 cm³/mol. The van der Waals surface area contributed by atoms with Crippen molar-refractivity contribution in [1.82, 2.24) is 19.6 Å². The van der Waals surface area contributed by atoms with E-state index in [1.165, 1.54) is 18.6 Å². The Bertz CT molecular complexity index is 983. The molecular weight excluding hydrogens is 354 g/mol. The Kier molecular flexibility index (Phi) is 3.63. The molecule has 24 heavy (non-hydrogen) atoms. The molecule has 0 spiro atoms. The van der Waals surface area contributed by atoms with Crippen LogP contribution in [-0.4, -0.2) is 28.0 Å². The molecule has 3 rings (SSSR count). The van der Waals surface area contributed by atoms with E-state index in [1.807, 2.05) is 0 Å². The van der Waals surface area contributed by atoms with Gasteiger partial charge in [-0.2, -0.15) is 18.2 Å². The minimum absolute atomic E-state index is 0.201. The maximum atomic E-state index is 13.8. The standard InChI is InChI=1S/C12H7F4N5O2S/c13-8-3-1-2-7(12(14,15)16)10(8)24(22,23)20-11-18-9-4-5-17-6-21(9)19-11/h1-6H,(H,19,20). The number of nitrogens with zero attached hydrogens (tertiary/aromatic N) is 4. The zero-order valence-corrected chi connectivity index (χ0v) is 12.3. The molecule has 0 aliphatic rings. The number of hydrogen-bond acceptors (Lipinski definition) is 5. The molecule has 0 bridgehead atoms. The molecule has 0 unspecified atom stereocenters. The number of anilines is 1. The highest BCUT2D eigenvalue weighted by Crippen LogP contribution is 2.35. The predicted octanol–water partition coefficient (Wildman–Crippen LogP) is 2.08. The number of halogens is 4. The molecule has 3 aromatic rings. The normalized spacial score (nSPS) is 12.5. The lowest BCUT2D eigenvalue weighted by atomic mass is 10.2. The fourth-order valence-electron chi connectivity index (χ4n) is 1.96. The zero-order chi connectivity index (χ0) is 17.5. The molecule has 0 aliphatic carbocycles. The molecule has 0 amide bonds. The molecule has 12 heteroatoms. The van der Waals surface area contributed by atoms with E-state index in [4.69, 9.17) is 0 Å². The van der Waals surface area contributed by atoms with Gasteiger partial charge in [0.05, 0.1) is 5.56 Å². The maximum Gasteiger partial charge on any atom is 0.417 e. The number of hydrogen-bond donors (Lipinski definition) is 1. The van der Waals surface area contributed by atoms with Crippen LogP contribution in [0.25, 0.3) is 5.65 Å². The van der Waals surface area contributed by atoms with Gasteiger partial charge in [0.15, 0.2) is 5.65 Å². The summed E-state index contributed by atoms with van der Waals surface area (Å²) in [6.07, 6.45) is -2.48. The number of rotatable bonds is 3. The Morgan fingerprint density at radius 1 is 1.17 bits per heavy atom. The third kappa shape index (κ3) is 2.87. The van der Waals surface area contributed by atoms with Gasteiger partial charge in [-0.25, -0.2) is 27.0 Å². The Labute approximate surface area is 132 Å². The smallest absolute Gasteiger partial charge is 0.246 e. The highest BCUT2D eigenvalue weighted by molar-refractivity contribution is 7.92. The quantitative estimate of drug-likeness (QED) is 0.722. The van der Waals surface area contributed by atoms with E-state index in [-0.39, 0.29) is 5.65 Å². The van der Waals surface area contributed by atoms with Crippen molar-refractivity contribution in [1.29, 1.82) is 0 Å². The van der Waals surface area contributed by atoms with E-state index in [9.17, 15) is 26.0 Å². The van der Waals surface area contributed by atoms with Crippen molar-refractivity contribution in [2.24, 2.45) is 0 Å². The van der Waals surface area contributed by atoms with Gasteiger partial charge in [0.1, 0.15) is 17.0 Å². The number of sulfonamides is 1. The summed E-state index contributed by atoms with van der Waals surface area (Å²) < 4.78 is 80.0. The Hall–Kier alpha value is -2.76. The summed E-state index contributed by atoms with van der Waals surface area (Å²) in [6, 6.07) is 3.25. The first-order chi connectivity index (χ1) is 11.2. The average molecular weight is 361 g/mol. The molecule has 2 aromatic heterocycles. The second kappa shape index (κ2) is 5.40. The topological polar surface area (TPSA) is 89.2 Å². The van der Waals surface area contributed by atoms with E-state index < -0.39 is 38.4 Å². The van der Waals surface area contributed by atoms with Gasteiger partial charge in [0, 0.05) is 12.3 Å². The summed E-state index contributed by atoms with van der Waals surface area (Å²) in [5, 5.41) is 3.69. The molecule has 0 radical (unpaired) electrons. The van der Waals surface area contributed by atoms with Crippen molar-refractivity contribution in [2.45, 2.75) is 11.1 Å². The Morgan fingerprint density at radius 3 is 2.58 bits per heavy atom. The molecule has 2 heterocycles. The molecule has 0 saturated carbocycles. The fourth-order valence-corrected chi connectivity index (χ4v) is 3.19. The van der Waals surface area contributed by atoms with E-state index in [1.54, 1.807) is 4.72 Å². The minimum atomic E-state index is -5.05. The summed E-state index contributed by atoms with van der Waals surface area (Å²) in [5.74, 6) is -2.05. The molecule has 0 aliphatic heterocycles. The van der Waals surface area contributed by atoms with Gasteiger partial charge in [0.25, 0.3) is 16.0 Å². The Balaban J connectivity index is 2.08.